The van der Waals surface area contributed by atoms with Gasteiger partial charge in [-0.1, -0.05) is 12.1 Å². The van der Waals surface area contributed by atoms with Gasteiger partial charge in [0.25, 0.3) is 5.91 Å². The van der Waals surface area contributed by atoms with Gasteiger partial charge in [0.15, 0.2) is 0 Å². The van der Waals surface area contributed by atoms with E-state index < -0.39 is 6.04 Å². The topological polar surface area (TPSA) is 104 Å². The Balaban J connectivity index is 1.43. The number of para-hydroxylation sites is 1. The average molecular weight is 420 g/mol. The Bertz CT molecular complexity index is 1150. The highest BCUT2D eigenvalue weighted by Crippen LogP contribution is 2.25. The molecule has 31 heavy (non-hydrogen) atoms. The number of H-pyrrole nitrogens is 1. The molecule has 160 valence electrons. The van der Waals surface area contributed by atoms with Crippen molar-refractivity contribution in [3.05, 3.63) is 59.8 Å². The zero-order valence-corrected chi connectivity index (χ0v) is 17.4. The van der Waals surface area contributed by atoms with E-state index in [1.807, 2.05) is 24.4 Å². The van der Waals surface area contributed by atoms with Gasteiger partial charge in [-0.15, -0.1) is 0 Å². The number of rotatable bonds is 6. The molecule has 1 atom stereocenters. The van der Waals surface area contributed by atoms with Crippen molar-refractivity contribution in [3.63, 3.8) is 0 Å². The molecule has 0 saturated carbocycles. The highest BCUT2D eigenvalue weighted by Gasteiger charge is 2.32. The molecule has 0 bridgehead atoms. The summed E-state index contributed by atoms with van der Waals surface area (Å²) < 4.78 is 5.29. The van der Waals surface area contributed by atoms with Crippen molar-refractivity contribution in [2.45, 2.75) is 19.4 Å². The second-order valence-corrected chi connectivity index (χ2v) is 7.46. The Hall–Kier alpha value is -3.81. The molecule has 3 amide bonds. The van der Waals surface area contributed by atoms with E-state index in [9.17, 15) is 14.4 Å². The minimum absolute atomic E-state index is 0.156. The van der Waals surface area contributed by atoms with Crippen LogP contribution in [0.2, 0.25) is 0 Å². The lowest BCUT2D eigenvalue weighted by Gasteiger charge is -2.23. The first-order chi connectivity index (χ1) is 15.0. The Morgan fingerprint density at radius 1 is 1.19 bits per heavy atom. The first-order valence-corrected chi connectivity index (χ1v) is 10.1. The summed E-state index contributed by atoms with van der Waals surface area (Å²) in [5.74, 6) is -0.165. The fourth-order valence-corrected chi connectivity index (χ4v) is 3.78. The number of carbonyl (C=O) groups excluding carboxylic acids is 3. The van der Waals surface area contributed by atoms with Gasteiger partial charge in [0.05, 0.1) is 18.4 Å². The second-order valence-electron chi connectivity index (χ2n) is 7.46. The maximum Gasteiger partial charge on any atom is 0.254 e. The molecule has 1 aromatic heterocycles. The van der Waals surface area contributed by atoms with Crippen LogP contribution in [0.15, 0.2) is 48.7 Å². The Kier molecular flexibility index (Phi) is 5.62. The number of nitrogens with one attached hydrogen (secondary N) is 3. The highest BCUT2D eigenvalue weighted by molar-refractivity contribution is 6.12. The van der Waals surface area contributed by atoms with Gasteiger partial charge < -0.3 is 25.3 Å². The summed E-state index contributed by atoms with van der Waals surface area (Å²) in [5, 5.41) is 6.58. The third kappa shape index (κ3) is 4.09. The van der Waals surface area contributed by atoms with Gasteiger partial charge in [0, 0.05) is 23.6 Å². The SMILES string of the molecule is COc1ccc2[nH]cc(CCNC(=O)CN3C(=O)C(C)NC(=O)c4ccccc43)c2c1. The molecule has 0 fully saturated rings. The number of hydrogen-bond acceptors (Lipinski definition) is 4. The summed E-state index contributed by atoms with van der Waals surface area (Å²) in [7, 11) is 1.62. The van der Waals surface area contributed by atoms with Crippen LogP contribution in [0.3, 0.4) is 0 Å². The molecule has 0 radical (unpaired) electrons. The van der Waals surface area contributed by atoms with E-state index >= 15 is 0 Å². The van der Waals surface area contributed by atoms with Gasteiger partial charge in [-0.3, -0.25) is 14.4 Å². The van der Waals surface area contributed by atoms with Crippen LogP contribution in [0.4, 0.5) is 5.69 Å². The van der Waals surface area contributed by atoms with Crippen LogP contribution in [0.5, 0.6) is 5.75 Å². The van der Waals surface area contributed by atoms with E-state index in [1.54, 1.807) is 38.3 Å². The van der Waals surface area contributed by atoms with Gasteiger partial charge in [-0.2, -0.15) is 0 Å². The zero-order valence-electron chi connectivity index (χ0n) is 17.4. The number of methoxy groups -OCH3 is 1. The molecule has 8 heteroatoms. The van der Waals surface area contributed by atoms with Crippen molar-refractivity contribution in [2.75, 3.05) is 25.1 Å². The molecule has 2 aromatic carbocycles. The molecule has 0 aliphatic carbocycles. The van der Waals surface area contributed by atoms with E-state index in [0.717, 1.165) is 22.2 Å². The number of amides is 3. The van der Waals surface area contributed by atoms with Crippen molar-refractivity contribution in [3.8, 4) is 5.75 Å². The molecule has 2 heterocycles. The van der Waals surface area contributed by atoms with Gasteiger partial charge in [0.1, 0.15) is 18.3 Å². The van der Waals surface area contributed by atoms with Gasteiger partial charge in [-0.05, 0) is 49.2 Å². The third-order valence-corrected chi connectivity index (χ3v) is 5.42. The molecule has 1 aliphatic rings. The fourth-order valence-electron chi connectivity index (χ4n) is 3.78. The Morgan fingerprint density at radius 3 is 2.81 bits per heavy atom. The number of aromatic nitrogens is 1. The number of nitrogens with zero attached hydrogens (tertiary/aromatic N) is 1. The summed E-state index contributed by atoms with van der Waals surface area (Å²) in [4.78, 5) is 42.3. The molecule has 1 unspecified atom stereocenters. The molecule has 0 spiro atoms. The van der Waals surface area contributed by atoms with Gasteiger partial charge in [0.2, 0.25) is 11.8 Å². The van der Waals surface area contributed by atoms with Crippen LogP contribution in [0.1, 0.15) is 22.8 Å². The normalized spacial score (nSPS) is 15.9. The quantitative estimate of drug-likeness (QED) is 0.567. The number of aromatic amines is 1. The van der Waals surface area contributed by atoms with Crippen molar-refractivity contribution in [1.82, 2.24) is 15.6 Å². The van der Waals surface area contributed by atoms with E-state index in [2.05, 4.69) is 15.6 Å². The predicted molar refractivity (Wildman–Crippen MR) is 117 cm³/mol. The van der Waals surface area contributed by atoms with Crippen LogP contribution in [0, 0.1) is 0 Å². The van der Waals surface area contributed by atoms with Crippen LogP contribution in [0.25, 0.3) is 10.9 Å². The highest BCUT2D eigenvalue weighted by atomic mass is 16.5. The lowest BCUT2D eigenvalue weighted by molar-refractivity contribution is -0.124. The number of anilines is 1. The van der Waals surface area contributed by atoms with Crippen molar-refractivity contribution in [2.24, 2.45) is 0 Å². The van der Waals surface area contributed by atoms with Crippen molar-refractivity contribution < 1.29 is 19.1 Å². The molecular formula is C23H24N4O4. The van der Waals surface area contributed by atoms with E-state index in [1.165, 1.54) is 4.90 Å². The van der Waals surface area contributed by atoms with E-state index in [0.29, 0.717) is 24.2 Å². The van der Waals surface area contributed by atoms with Crippen LogP contribution < -0.4 is 20.3 Å². The van der Waals surface area contributed by atoms with E-state index in [4.69, 9.17) is 4.74 Å². The number of benzene rings is 2. The summed E-state index contributed by atoms with van der Waals surface area (Å²) in [5.41, 5.74) is 2.88. The van der Waals surface area contributed by atoms with E-state index in [-0.39, 0.29) is 24.3 Å². The molecule has 1 aliphatic heterocycles. The van der Waals surface area contributed by atoms with Crippen LogP contribution in [-0.2, 0) is 16.0 Å². The molecule has 0 saturated heterocycles. The summed E-state index contributed by atoms with van der Waals surface area (Å²) in [6.45, 7) is 1.87. The monoisotopic (exact) mass is 420 g/mol. The second kappa shape index (κ2) is 8.51. The molecule has 8 nitrogen and oxygen atoms in total. The summed E-state index contributed by atoms with van der Waals surface area (Å²) >= 11 is 0. The largest absolute Gasteiger partial charge is 0.497 e. The lowest BCUT2D eigenvalue weighted by atomic mass is 10.1. The number of carbonyl (C=O) groups is 3. The van der Waals surface area contributed by atoms with Crippen molar-refractivity contribution in [1.29, 1.82) is 0 Å². The molecular weight excluding hydrogens is 396 g/mol. The number of hydrogen-bond donors (Lipinski definition) is 3. The van der Waals surface area contributed by atoms with Crippen molar-refractivity contribution >= 4 is 34.3 Å². The van der Waals surface area contributed by atoms with Crippen LogP contribution >= 0.6 is 0 Å². The predicted octanol–water partition coefficient (Wildman–Crippen LogP) is 2.00. The average Bonchev–Trinajstić information content (AvgIpc) is 3.15. The minimum Gasteiger partial charge on any atom is -0.497 e. The Morgan fingerprint density at radius 2 is 2.00 bits per heavy atom. The fraction of sp³-hybridized carbons (Fsp3) is 0.261. The van der Waals surface area contributed by atoms with Gasteiger partial charge in [-0.25, -0.2) is 0 Å². The molecule has 3 aromatic rings. The maximum atomic E-state index is 12.8. The lowest BCUT2D eigenvalue weighted by Crippen LogP contribution is -2.47. The number of fused-ring (bicyclic) bond motifs is 2. The van der Waals surface area contributed by atoms with Gasteiger partial charge >= 0.3 is 0 Å². The first kappa shape index (κ1) is 20.5. The molecule has 3 N–H and O–H groups in total. The minimum atomic E-state index is -0.714. The number of ether oxygens (including phenoxy) is 1. The van der Waals surface area contributed by atoms with Crippen LogP contribution in [-0.4, -0.2) is 48.9 Å². The zero-order chi connectivity index (χ0) is 22.0. The standard InChI is InChI=1S/C23H24N4O4/c1-14-23(30)27(20-6-4-3-5-17(20)22(29)26-14)13-21(28)24-10-9-15-12-25-19-8-7-16(31-2)11-18(15)19/h3-8,11-12,14,25H,9-10,13H2,1-2H3,(H,24,28)(H,26,29). The first-order valence-electron chi connectivity index (χ1n) is 10.1. The Labute approximate surface area is 179 Å². The smallest absolute Gasteiger partial charge is 0.254 e. The molecule has 4 rings (SSSR count). The maximum absolute atomic E-state index is 12.8. The summed E-state index contributed by atoms with van der Waals surface area (Å²) in [6, 6.07) is 11.9. The summed E-state index contributed by atoms with van der Waals surface area (Å²) in [6.07, 6.45) is 2.55. The third-order valence-electron chi connectivity index (χ3n) is 5.42.